The molecular weight excluding hydrogens is 256 g/mol. The van der Waals surface area contributed by atoms with Gasteiger partial charge in [0.15, 0.2) is 0 Å². The number of nitrogens with zero attached hydrogens (tertiary/aromatic N) is 3. The first-order chi connectivity index (χ1) is 9.74. The van der Waals surface area contributed by atoms with E-state index >= 15 is 0 Å². The molecule has 0 saturated carbocycles. The first kappa shape index (κ1) is 13.3. The van der Waals surface area contributed by atoms with Crippen molar-refractivity contribution < 1.29 is 4.92 Å². The van der Waals surface area contributed by atoms with E-state index in [4.69, 9.17) is 0 Å². The summed E-state index contributed by atoms with van der Waals surface area (Å²) in [5.41, 5.74) is 0.0544. The molecule has 2 fully saturated rings. The summed E-state index contributed by atoms with van der Waals surface area (Å²) in [7, 11) is 0. The van der Waals surface area contributed by atoms with Crippen molar-refractivity contribution in [2.75, 3.05) is 24.5 Å². The van der Waals surface area contributed by atoms with Crippen molar-refractivity contribution in [3.63, 3.8) is 0 Å². The SMILES string of the molecule is O=[N+]([O-])c1ccc(N2CCC(C3CCCN3)CC2)nc1. The van der Waals surface area contributed by atoms with Gasteiger partial charge < -0.3 is 10.2 Å². The Morgan fingerprint density at radius 1 is 1.30 bits per heavy atom. The van der Waals surface area contributed by atoms with E-state index in [1.807, 2.05) is 0 Å². The first-order valence-corrected chi connectivity index (χ1v) is 7.33. The number of nitro groups is 1. The Bertz CT molecular complexity index is 463. The number of hydrogen-bond donors (Lipinski definition) is 1. The molecule has 2 saturated heterocycles. The van der Waals surface area contributed by atoms with E-state index in [2.05, 4.69) is 15.2 Å². The summed E-state index contributed by atoms with van der Waals surface area (Å²) in [5.74, 6) is 1.63. The lowest BCUT2D eigenvalue weighted by Gasteiger charge is -2.35. The molecular formula is C14H20N4O2. The first-order valence-electron chi connectivity index (χ1n) is 7.33. The van der Waals surface area contributed by atoms with Crippen LogP contribution in [0, 0.1) is 16.0 Å². The van der Waals surface area contributed by atoms with E-state index in [1.165, 1.54) is 37.9 Å². The third kappa shape index (κ3) is 2.75. The predicted octanol–water partition coefficient (Wildman–Crippen LogP) is 1.96. The second kappa shape index (κ2) is 5.75. The standard InChI is InChI=1S/C14H20N4O2/c19-18(20)12-3-4-14(16-10-12)17-8-5-11(6-9-17)13-2-1-7-15-13/h3-4,10-11,13,15H,1-2,5-9H2. The monoisotopic (exact) mass is 276 g/mol. The molecule has 2 aliphatic heterocycles. The van der Waals surface area contributed by atoms with Crippen LogP contribution in [0.5, 0.6) is 0 Å². The van der Waals surface area contributed by atoms with E-state index in [-0.39, 0.29) is 5.69 Å². The van der Waals surface area contributed by atoms with Crippen LogP contribution < -0.4 is 10.2 Å². The summed E-state index contributed by atoms with van der Waals surface area (Å²) in [4.78, 5) is 16.7. The van der Waals surface area contributed by atoms with Crippen LogP contribution in [0.25, 0.3) is 0 Å². The van der Waals surface area contributed by atoms with Gasteiger partial charge in [0.1, 0.15) is 12.0 Å². The molecule has 1 unspecified atom stereocenters. The van der Waals surface area contributed by atoms with E-state index in [0.717, 1.165) is 31.4 Å². The molecule has 1 aromatic heterocycles. The lowest BCUT2D eigenvalue weighted by Crippen LogP contribution is -2.41. The molecule has 1 aromatic rings. The highest BCUT2D eigenvalue weighted by atomic mass is 16.6. The molecule has 0 radical (unpaired) electrons. The van der Waals surface area contributed by atoms with Crippen molar-refractivity contribution in [2.24, 2.45) is 5.92 Å². The van der Waals surface area contributed by atoms with Crippen LogP contribution in [0.3, 0.4) is 0 Å². The highest BCUT2D eigenvalue weighted by Crippen LogP contribution is 2.28. The normalized spacial score (nSPS) is 24.0. The lowest BCUT2D eigenvalue weighted by atomic mass is 9.88. The number of aromatic nitrogens is 1. The van der Waals surface area contributed by atoms with Crippen LogP contribution in [0.4, 0.5) is 11.5 Å². The third-order valence-corrected chi connectivity index (χ3v) is 4.47. The van der Waals surface area contributed by atoms with Crippen LogP contribution in [-0.4, -0.2) is 35.6 Å². The average Bonchev–Trinajstić information content (AvgIpc) is 3.02. The summed E-state index contributed by atoms with van der Waals surface area (Å²) in [5, 5.41) is 14.2. The zero-order valence-corrected chi connectivity index (χ0v) is 11.5. The van der Waals surface area contributed by atoms with Crippen LogP contribution >= 0.6 is 0 Å². The number of piperidine rings is 1. The maximum atomic E-state index is 10.6. The maximum absolute atomic E-state index is 10.6. The molecule has 3 rings (SSSR count). The second-order valence-corrected chi connectivity index (χ2v) is 5.66. The zero-order valence-electron chi connectivity index (χ0n) is 11.5. The molecule has 2 aliphatic rings. The van der Waals surface area contributed by atoms with Gasteiger partial charge in [-0.2, -0.15) is 0 Å². The lowest BCUT2D eigenvalue weighted by molar-refractivity contribution is -0.385. The van der Waals surface area contributed by atoms with Crippen molar-refractivity contribution >= 4 is 11.5 Å². The minimum absolute atomic E-state index is 0.0544. The van der Waals surface area contributed by atoms with Gasteiger partial charge in [-0.15, -0.1) is 0 Å². The zero-order chi connectivity index (χ0) is 13.9. The van der Waals surface area contributed by atoms with Gasteiger partial charge in [-0.05, 0) is 44.2 Å². The summed E-state index contributed by atoms with van der Waals surface area (Å²) in [6.07, 6.45) is 6.31. The fourth-order valence-electron chi connectivity index (χ4n) is 3.32. The number of anilines is 1. The van der Waals surface area contributed by atoms with Gasteiger partial charge in [0.05, 0.1) is 4.92 Å². The van der Waals surface area contributed by atoms with Gasteiger partial charge >= 0.3 is 0 Å². The largest absolute Gasteiger partial charge is 0.357 e. The van der Waals surface area contributed by atoms with E-state index in [0.29, 0.717) is 6.04 Å². The van der Waals surface area contributed by atoms with Crippen LogP contribution in [0.2, 0.25) is 0 Å². The molecule has 0 aromatic carbocycles. The van der Waals surface area contributed by atoms with Gasteiger partial charge in [0, 0.05) is 25.2 Å². The van der Waals surface area contributed by atoms with Crippen molar-refractivity contribution in [3.05, 3.63) is 28.4 Å². The number of nitrogens with one attached hydrogen (secondary N) is 1. The molecule has 108 valence electrons. The molecule has 0 bridgehead atoms. The summed E-state index contributed by atoms with van der Waals surface area (Å²) < 4.78 is 0. The second-order valence-electron chi connectivity index (χ2n) is 5.66. The van der Waals surface area contributed by atoms with Crippen molar-refractivity contribution in [1.82, 2.24) is 10.3 Å². The minimum atomic E-state index is -0.408. The van der Waals surface area contributed by atoms with Crippen molar-refractivity contribution in [3.8, 4) is 0 Å². The maximum Gasteiger partial charge on any atom is 0.287 e. The Morgan fingerprint density at radius 2 is 2.10 bits per heavy atom. The molecule has 6 heteroatoms. The molecule has 0 spiro atoms. The third-order valence-electron chi connectivity index (χ3n) is 4.47. The topological polar surface area (TPSA) is 71.3 Å². The average molecular weight is 276 g/mol. The highest BCUT2D eigenvalue weighted by molar-refractivity contribution is 5.43. The van der Waals surface area contributed by atoms with Crippen LogP contribution in [0.15, 0.2) is 18.3 Å². The van der Waals surface area contributed by atoms with Crippen LogP contribution in [-0.2, 0) is 0 Å². The van der Waals surface area contributed by atoms with E-state index in [9.17, 15) is 10.1 Å². The van der Waals surface area contributed by atoms with Crippen molar-refractivity contribution in [2.45, 2.75) is 31.7 Å². The fourth-order valence-corrected chi connectivity index (χ4v) is 3.32. The summed E-state index contributed by atoms with van der Waals surface area (Å²) >= 11 is 0. The summed E-state index contributed by atoms with van der Waals surface area (Å²) in [6, 6.07) is 3.99. The van der Waals surface area contributed by atoms with Crippen LogP contribution in [0.1, 0.15) is 25.7 Å². The summed E-state index contributed by atoms with van der Waals surface area (Å²) in [6.45, 7) is 3.15. The highest BCUT2D eigenvalue weighted by Gasteiger charge is 2.28. The molecule has 0 amide bonds. The van der Waals surface area contributed by atoms with Gasteiger partial charge in [-0.3, -0.25) is 10.1 Å². The predicted molar refractivity (Wildman–Crippen MR) is 76.9 cm³/mol. The van der Waals surface area contributed by atoms with E-state index in [1.54, 1.807) is 6.07 Å². The molecule has 6 nitrogen and oxygen atoms in total. The smallest absolute Gasteiger partial charge is 0.287 e. The van der Waals surface area contributed by atoms with Crippen molar-refractivity contribution in [1.29, 1.82) is 0 Å². The van der Waals surface area contributed by atoms with Gasteiger partial charge in [0.2, 0.25) is 0 Å². The Morgan fingerprint density at radius 3 is 2.65 bits per heavy atom. The molecule has 1 atom stereocenters. The Labute approximate surface area is 118 Å². The molecule has 1 N–H and O–H groups in total. The Kier molecular flexibility index (Phi) is 3.82. The van der Waals surface area contributed by atoms with E-state index < -0.39 is 4.92 Å². The number of pyridine rings is 1. The number of rotatable bonds is 3. The molecule has 20 heavy (non-hydrogen) atoms. The Balaban J connectivity index is 1.58. The Hall–Kier alpha value is -1.69. The molecule has 0 aliphatic carbocycles. The van der Waals surface area contributed by atoms with Gasteiger partial charge in [-0.1, -0.05) is 0 Å². The van der Waals surface area contributed by atoms with Gasteiger partial charge in [-0.25, -0.2) is 4.98 Å². The van der Waals surface area contributed by atoms with Gasteiger partial charge in [0.25, 0.3) is 5.69 Å². The fraction of sp³-hybridized carbons (Fsp3) is 0.643. The quantitative estimate of drug-likeness (QED) is 0.675. The minimum Gasteiger partial charge on any atom is -0.357 e. The molecule has 3 heterocycles. The number of hydrogen-bond acceptors (Lipinski definition) is 5.